The van der Waals surface area contributed by atoms with Crippen LogP contribution in [-0.4, -0.2) is 12.6 Å². The van der Waals surface area contributed by atoms with E-state index in [9.17, 15) is 4.39 Å². The minimum absolute atomic E-state index is 0.0869. The van der Waals surface area contributed by atoms with Gasteiger partial charge in [0.15, 0.2) is 0 Å². The summed E-state index contributed by atoms with van der Waals surface area (Å²) < 4.78 is 18.7. The lowest BCUT2D eigenvalue weighted by atomic mass is 10.2. The van der Waals surface area contributed by atoms with Gasteiger partial charge in [-0.2, -0.15) is 0 Å². The number of ether oxygens (including phenoxy) is 1. The summed E-state index contributed by atoms with van der Waals surface area (Å²) in [4.78, 5) is 0. The van der Waals surface area contributed by atoms with E-state index in [4.69, 9.17) is 10.5 Å². The third kappa shape index (κ3) is 3.56. The van der Waals surface area contributed by atoms with Gasteiger partial charge in [-0.15, -0.1) is 0 Å². The molecule has 1 aromatic carbocycles. The van der Waals surface area contributed by atoms with Crippen molar-refractivity contribution in [1.29, 1.82) is 0 Å². The number of halogens is 1. The van der Waals surface area contributed by atoms with Crippen LogP contribution < -0.4 is 10.5 Å². The highest BCUT2D eigenvalue weighted by molar-refractivity contribution is 5.46. The fourth-order valence-electron chi connectivity index (χ4n) is 1.15. The van der Waals surface area contributed by atoms with Crippen LogP contribution in [0.15, 0.2) is 18.2 Å². The molecular formula is C13H16FNO. The van der Waals surface area contributed by atoms with E-state index >= 15 is 0 Å². The molecule has 0 spiro atoms. The Hall–Kier alpha value is -1.53. The lowest BCUT2D eigenvalue weighted by Gasteiger charge is -2.13. The average Bonchev–Trinajstić information content (AvgIpc) is 2.29. The van der Waals surface area contributed by atoms with E-state index in [0.717, 1.165) is 6.42 Å². The van der Waals surface area contributed by atoms with Crippen LogP contribution in [0.2, 0.25) is 0 Å². The SMILES string of the molecule is CCC(C)Oc1ccc(F)cc1C#CCN. The van der Waals surface area contributed by atoms with Crippen molar-refractivity contribution in [3.8, 4) is 17.6 Å². The van der Waals surface area contributed by atoms with E-state index in [0.29, 0.717) is 11.3 Å². The van der Waals surface area contributed by atoms with E-state index in [2.05, 4.69) is 11.8 Å². The van der Waals surface area contributed by atoms with Crippen molar-refractivity contribution in [3.63, 3.8) is 0 Å². The largest absolute Gasteiger partial charge is 0.489 e. The maximum absolute atomic E-state index is 13.0. The van der Waals surface area contributed by atoms with Crippen LogP contribution in [0.25, 0.3) is 0 Å². The minimum atomic E-state index is -0.321. The molecule has 2 N–H and O–H groups in total. The fourth-order valence-corrected chi connectivity index (χ4v) is 1.15. The molecule has 0 aliphatic rings. The van der Waals surface area contributed by atoms with Crippen molar-refractivity contribution in [2.45, 2.75) is 26.4 Å². The molecule has 0 fully saturated rings. The van der Waals surface area contributed by atoms with E-state index in [1.807, 2.05) is 13.8 Å². The van der Waals surface area contributed by atoms with Crippen LogP contribution in [0.5, 0.6) is 5.75 Å². The molecule has 0 radical (unpaired) electrons. The van der Waals surface area contributed by atoms with Crippen LogP contribution in [0.1, 0.15) is 25.8 Å². The van der Waals surface area contributed by atoms with Gasteiger partial charge >= 0.3 is 0 Å². The predicted octanol–water partition coefficient (Wildman–Crippen LogP) is 2.31. The van der Waals surface area contributed by atoms with Crippen molar-refractivity contribution in [1.82, 2.24) is 0 Å². The molecule has 0 saturated heterocycles. The standard InChI is InChI=1S/C13H16FNO/c1-3-10(2)16-13-7-6-12(14)9-11(13)5-4-8-15/h6-7,9-10H,3,8,15H2,1-2H3. The average molecular weight is 221 g/mol. The molecule has 1 unspecified atom stereocenters. The molecule has 0 amide bonds. The molecule has 1 rings (SSSR count). The van der Waals surface area contributed by atoms with E-state index < -0.39 is 0 Å². The monoisotopic (exact) mass is 221 g/mol. The topological polar surface area (TPSA) is 35.2 Å². The second-order valence-electron chi connectivity index (χ2n) is 3.48. The Bertz CT molecular complexity index is 406. The summed E-state index contributed by atoms with van der Waals surface area (Å²) in [5, 5.41) is 0. The number of hydrogen-bond acceptors (Lipinski definition) is 2. The maximum Gasteiger partial charge on any atom is 0.135 e. The van der Waals surface area contributed by atoms with Gasteiger partial charge in [-0.1, -0.05) is 18.8 Å². The zero-order valence-electron chi connectivity index (χ0n) is 9.59. The Morgan fingerprint density at radius 3 is 2.88 bits per heavy atom. The zero-order chi connectivity index (χ0) is 12.0. The Balaban J connectivity index is 2.98. The number of nitrogens with two attached hydrogens (primary N) is 1. The van der Waals surface area contributed by atoms with Crippen LogP contribution in [0.3, 0.4) is 0 Å². The first-order chi connectivity index (χ1) is 7.67. The summed E-state index contributed by atoms with van der Waals surface area (Å²) in [6, 6.07) is 4.33. The molecule has 86 valence electrons. The summed E-state index contributed by atoms with van der Waals surface area (Å²) in [7, 11) is 0. The molecular weight excluding hydrogens is 205 g/mol. The molecule has 0 aromatic heterocycles. The first-order valence-electron chi connectivity index (χ1n) is 5.32. The van der Waals surface area contributed by atoms with Gasteiger partial charge in [0.2, 0.25) is 0 Å². The third-order valence-corrected chi connectivity index (χ3v) is 2.17. The molecule has 1 aromatic rings. The smallest absolute Gasteiger partial charge is 0.135 e. The minimum Gasteiger partial charge on any atom is -0.489 e. The van der Waals surface area contributed by atoms with Gasteiger partial charge < -0.3 is 10.5 Å². The Morgan fingerprint density at radius 2 is 2.25 bits per heavy atom. The molecule has 0 bridgehead atoms. The van der Waals surface area contributed by atoms with Crippen LogP contribution >= 0.6 is 0 Å². The third-order valence-electron chi connectivity index (χ3n) is 2.17. The highest BCUT2D eigenvalue weighted by atomic mass is 19.1. The first-order valence-corrected chi connectivity index (χ1v) is 5.32. The number of hydrogen-bond donors (Lipinski definition) is 1. The summed E-state index contributed by atoms with van der Waals surface area (Å²) in [6.07, 6.45) is 0.977. The van der Waals surface area contributed by atoms with Gasteiger partial charge in [0.05, 0.1) is 18.2 Å². The number of benzene rings is 1. The zero-order valence-corrected chi connectivity index (χ0v) is 9.59. The van der Waals surface area contributed by atoms with Gasteiger partial charge in [-0.05, 0) is 31.5 Å². The van der Waals surface area contributed by atoms with E-state index in [1.165, 1.54) is 12.1 Å². The van der Waals surface area contributed by atoms with Crippen molar-refractivity contribution >= 4 is 0 Å². The van der Waals surface area contributed by atoms with Crippen molar-refractivity contribution in [3.05, 3.63) is 29.6 Å². The Labute approximate surface area is 95.6 Å². The van der Waals surface area contributed by atoms with Crippen molar-refractivity contribution in [2.75, 3.05) is 6.54 Å². The summed E-state index contributed by atoms with van der Waals surface area (Å²) >= 11 is 0. The lowest BCUT2D eigenvalue weighted by molar-refractivity contribution is 0.216. The molecule has 0 aliphatic carbocycles. The summed E-state index contributed by atoms with van der Waals surface area (Å²) in [5.74, 6) is 5.78. The highest BCUT2D eigenvalue weighted by Gasteiger charge is 2.06. The first kappa shape index (κ1) is 12.5. The van der Waals surface area contributed by atoms with Gasteiger partial charge in [0, 0.05) is 0 Å². The Kier molecular flexibility index (Phi) is 4.81. The predicted molar refractivity (Wildman–Crippen MR) is 62.7 cm³/mol. The van der Waals surface area contributed by atoms with Crippen LogP contribution in [-0.2, 0) is 0 Å². The Morgan fingerprint density at radius 1 is 1.50 bits per heavy atom. The van der Waals surface area contributed by atoms with E-state index in [-0.39, 0.29) is 18.5 Å². The van der Waals surface area contributed by atoms with Crippen LogP contribution in [0, 0.1) is 17.7 Å². The molecule has 0 saturated carbocycles. The summed E-state index contributed by atoms with van der Waals surface area (Å²) in [6.45, 7) is 4.24. The van der Waals surface area contributed by atoms with Crippen molar-refractivity contribution in [2.24, 2.45) is 5.73 Å². The quantitative estimate of drug-likeness (QED) is 0.795. The maximum atomic E-state index is 13.0. The fraction of sp³-hybridized carbons (Fsp3) is 0.385. The molecule has 16 heavy (non-hydrogen) atoms. The molecule has 2 nitrogen and oxygen atoms in total. The molecule has 1 atom stereocenters. The van der Waals surface area contributed by atoms with E-state index in [1.54, 1.807) is 6.07 Å². The van der Waals surface area contributed by atoms with Gasteiger partial charge in [0.25, 0.3) is 0 Å². The van der Waals surface area contributed by atoms with Gasteiger partial charge in [0.1, 0.15) is 11.6 Å². The molecule has 3 heteroatoms. The number of rotatable bonds is 3. The van der Waals surface area contributed by atoms with Crippen LogP contribution in [0.4, 0.5) is 4.39 Å². The molecule has 0 heterocycles. The molecule has 0 aliphatic heterocycles. The summed E-state index contributed by atoms with van der Waals surface area (Å²) in [5.41, 5.74) is 5.83. The van der Waals surface area contributed by atoms with Gasteiger partial charge in [-0.25, -0.2) is 4.39 Å². The lowest BCUT2D eigenvalue weighted by Crippen LogP contribution is -2.10. The second-order valence-corrected chi connectivity index (χ2v) is 3.48. The normalized spacial score (nSPS) is 11.5. The van der Waals surface area contributed by atoms with Crippen molar-refractivity contribution < 1.29 is 9.13 Å². The second kappa shape index (κ2) is 6.14. The highest BCUT2D eigenvalue weighted by Crippen LogP contribution is 2.20. The van der Waals surface area contributed by atoms with Gasteiger partial charge in [-0.3, -0.25) is 0 Å².